The van der Waals surface area contributed by atoms with E-state index in [0.29, 0.717) is 36.3 Å². The van der Waals surface area contributed by atoms with Crippen molar-refractivity contribution in [2.24, 2.45) is 5.41 Å². The summed E-state index contributed by atoms with van der Waals surface area (Å²) in [5.41, 5.74) is -2.73. The van der Waals surface area contributed by atoms with Gasteiger partial charge in [-0.15, -0.1) is 5.92 Å². The maximum Gasteiger partial charge on any atom is 0.419 e. The van der Waals surface area contributed by atoms with Crippen LogP contribution in [0.15, 0.2) is 42.5 Å². The minimum absolute atomic E-state index is 0.0491. The van der Waals surface area contributed by atoms with Crippen molar-refractivity contribution in [3.8, 4) is 23.3 Å². The highest BCUT2D eigenvalue weighted by Crippen LogP contribution is 2.47. The van der Waals surface area contributed by atoms with Gasteiger partial charge in [-0.2, -0.15) is 26.3 Å². The Hall–Kier alpha value is -3.35. The summed E-state index contributed by atoms with van der Waals surface area (Å²) >= 11 is 0. The number of halogens is 6. The van der Waals surface area contributed by atoms with E-state index in [0.717, 1.165) is 0 Å². The summed E-state index contributed by atoms with van der Waals surface area (Å²) in [6.07, 6.45) is -8.81. The Morgan fingerprint density at radius 3 is 2.14 bits per heavy atom. The Morgan fingerprint density at radius 1 is 1.00 bits per heavy atom. The van der Waals surface area contributed by atoms with Crippen LogP contribution in [-0.2, 0) is 17.1 Å². The Bertz CT molecular complexity index is 1110. The number of hydrogen-bond acceptors (Lipinski definition) is 3. The van der Waals surface area contributed by atoms with Crippen LogP contribution in [-0.4, -0.2) is 24.3 Å². The molecule has 2 aromatic carbocycles. The van der Waals surface area contributed by atoms with Gasteiger partial charge in [0.15, 0.2) is 0 Å². The minimum atomic E-state index is -5.01. The zero-order valence-corrected chi connectivity index (χ0v) is 18.6. The highest BCUT2D eigenvalue weighted by atomic mass is 19.4. The monoisotopic (exact) mass is 500 g/mol. The molecule has 0 aromatic heterocycles. The first-order chi connectivity index (χ1) is 16.3. The number of aliphatic carboxylic acids is 1. The van der Waals surface area contributed by atoms with E-state index in [4.69, 9.17) is 14.6 Å². The normalized spacial score (nSPS) is 15.5. The standard InChI is InChI=1S/C25H22F6O4/c1-2-3-17(12-22(32)33)16-4-7-19(8-5-16)34-14-23(10-11-23)15-35-21-9-6-18(24(26,27)28)13-20(21)25(29,30)31/h4-9,13,17H,10-12,14-15H2,1H3,(H,32,33). The molecule has 1 N–H and O–H groups in total. The molecule has 1 aliphatic rings. The van der Waals surface area contributed by atoms with Crippen LogP contribution in [0.5, 0.6) is 11.5 Å². The highest BCUT2D eigenvalue weighted by molar-refractivity contribution is 5.69. The Kier molecular flexibility index (Phi) is 7.58. The van der Waals surface area contributed by atoms with Crippen molar-refractivity contribution in [1.82, 2.24) is 0 Å². The molecule has 4 nitrogen and oxygen atoms in total. The van der Waals surface area contributed by atoms with Crippen LogP contribution in [0.1, 0.15) is 48.8 Å². The van der Waals surface area contributed by atoms with Crippen LogP contribution in [0.4, 0.5) is 26.3 Å². The summed E-state index contributed by atoms with van der Waals surface area (Å²) in [6.45, 7) is 1.61. The van der Waals surface area contributed by atoms with E-state index >= 15 is 0 Å². The molecular formula is C25H22F6O4. The van der Waals surface area contributed by atoms with Gasteiger partial charge < -0.3 is 14.6 Å². The molecule has 10 heteroatoms. The van der Waals surface area contributed by atoms with Crippen LogP contribution in [0.2, 0.25) is 0 Å². The summed E-state index contributed by atoms with van der Waals surface area (Å²) in [5.74, 6) is 3.91. The molecule has 1 aliphatic carbocycles. The van der Waals surface area contributed by atoms with Crippen molar-refractivity contribution < 1.29 is 45.7 Å². The van der Waals surface area contributed by atoms with E-state index in [-0.39, 0.29) is 25.7 Å². The van der Waals surface area contributed by atoms with Crippen LogP contribution >= 0.6 is 0 Å². The van der Waals surface area contributed by atoms with Gasteiger partial charge in [-0.3, -0.25) is 4.79 Å². The molecule has 1 unspecified atom stereocenters. The van der Waals surface area contributed by atoms with Crippen LogP contribution in [0.25, 0.3) is 0 Å². The van der Waals surface area contributed by atoms with E-state index in [1.54, 1.807) is 31.2 Å². The number of benzene rings is 2. The second kappa shape index (κ2) is 10.1. The van der Waals surface area contributed by atoms with Gasteiger partial charge in [-0.25, -0.2) is 0 Å². The van der Waals surface area contributed by atoms with E-state index in [1.165, 1.54) is 0 Å². The first kappa shape index (κ1) is 26.3. The fourth-order valence-corrected chi connectivity index (χ4v) is 3.43. The zero-order chi connectivity index (χ0) is 25.9. The van der Waals surface area contributed by atoms with Gasteiger partial charge in [0.2, 0.25) is 0 Å². The largest absolute Gasteiger partial charge is 0.493 e. The van der Waals surface area contributed by atoms with Gasteiger partial charge in [-0.05, 0) is 55.7 Å². The maximum absolute atomic E-state index is 13.3. The maximum atomic E-state index is 13.3. The molecule has 0 saturated heterocycles. The molecule has 2 aromatic rings. The van der Waals surface area contributed by atoms with Crippen molar-refractivity contribution in [3.05, 3.63) is 59.2 Å². The molecule has 188 valence electrons. The number of carbonyl (C=O) groups is 1. The number of alkyl halides is 6. The predicted molar refractivity (Wildman–Crippen MR) is 114 cm³/mol. The molecule has 0 aliphatic heterocycles. The molecule has 1 saturated carbocycles. The van der Waals surface area contributed by atoms with Gasteiger partial charge in [0.1, 0.15) is 11.5 Å². The molecular weight excluding hydrogens is 478 g/mol. The number of rotatable bonds is 9. The second-order valence-corrected chi connectivity index (χ2v) is 8.40. The summed E-state index contributed by atoms with van der Waals surface area (Å²) < 4.78 is 89.5. The summed E-state index contributed by atoms with van der Waals surface area (Å²) in [5, 5.41) is 9.03. The molecule has 35 heavy (non-hydrogen) atoms. The lowest BCUT2D eigenvalue weighted by molar-refractivity contribution is -0.144. The number of ether oxygens (including phenoxy) is 2. The average Bonchev–Trinajstić information content (AvgIpc) is 3.55. The van der Waals surface area contributed by atoms with Gasteiger partial charge >= 0.3 is 18.3 Å². The van der Waals surface area contributed by atoms with Crippen molar-refractivity contribution in [2.75, 3.05) is 13.2 Å². The summed E-state index contributed by atoms with van der Waals surface area (Å²) in [4.78, 5) is 11.0. The first-order valence-corrected chi connectivity index (χ1v) is 10.6. The summed E-state index contributed by atoms with van der Waals surface area (Å²) in [6, 6.07) is 7.98. The van der Waals surface area contributed by atoms with Crippen LogP contribution in [0.3, 0.4) is 0 Å². The van der Waals surface area contributed by atoms with Gasteiger partial charge in [-0.1, -0.05) is 18.1 Å². The molecule has 1 atom stereocenters. The fraction of sp³-hybridized carbons (Fsp3) is 0.400. The number of carboxylic acids is 1. The lowest BCUT2D eigenvalue weighted by Gasteiger charge is -2.20. The molecule has 0 radical (unpaired) electrons. The number of carboxylic acid groups (broad SMARTS) is 1. The molecule has 3 rings (SSSR count). The lowest BCUT2D eigenvalue weighted by Crippen LogP contribution is -2.22. The summed E-state index contributed by atoms with van der Waals surface area (Å²) in [7, 11) is 0. The smallest absolute Gasteiger partial charge is 0.419 e. The van der Waals surface area contributed by atoms with E-state index < -0.39 is 46.5 Å². The van der Waals surface area contributed by atoms with E-state index in [1.807, 2.05) is 0 Å². The molecule has 0 amide bonds. The van der Waals surface area contributed by atoms with Gasteiger partial charge in [0.25, 0.3) is 0 Å². The fourth-order valence-electron chi connectivity index (χ4n) is 3.43. The molecule has 0 spiro atoms. The third-order valence-corrected chi connectivity index (χ3v) is 5.63. The third kappa shape index (κ3) is 7.07. The van der Waals surface area contributed by atoms with E-state index in [2.05, 4.69) is 11.8 Å². The zero-order valence-electron chi connectivity index (χ0n) is 18.6. The van der Waals surface area contributed by atoms with E-state index in [9.17, 15) is 31.1 Å². The molecule has 1 fully saturated rings. The molecule has 0 heterocycles. The van der Waals surface area contributed by atoms with Crippen molar-refractivity contribution in [2.45, 2.75) is 44.5 Å². The minimum Gasteiger partial charge on any atom is -0.493 e. The quantitative estimate of drug-likeness (QED) is 0.314. The second-order valence-electron chi connectivity index (χ2n) is 8.40. The highest BCUT2D eigenvalue weighted by Gasteiger charge is 2.46. The molecule has 0 bridgehead atoms. The van der Waals surface area contributed by atoms with Crippen LogP contribution in [0, 0.1) is 17.3 Å². The predicted octanol–water partition coefficient (Wildman–Crippen LogP) is 6.54. The topological polar surface area (TPSA) is 55.8 Å². The third-order valence-electron chi connectivity index (χ3n) is 5.63. The average molecular weight is 500 g/mol. The number of hydrogen-bond donors (Lipinski definition) is 1. The Labute approximate surface area is 197 Å². The van der Waals surface area contributed by atoms with Crippen molar-refractivity contribution >= 4 is 5.97 Å². The van der Waals surface area contributed by atoms with Crippen molar-refractivity contribution in [1.29, 1.82) is 0 Å². The van der Waals surface area contributed by atoms with Crippen LogP contribution < -0.4 is 9.47 Å². The Morgan fingerprint density at radius 2 is 1.63 bits per heavy atom. The Balaban J connectivity index is 1.64. The van der Waals surface area contributed by atoms with Gasteiger partial charge in [0, 0.05) is 5.41 Å². The SMILES string of the molecule is CC#CC(CC(=O)O)c1ccc(OCC2(COc3ccc(C(F)(F)F)cc3C(F)(F)F)CC2)cc1. The van der Waals surface area contributed by atoms with Crippen molar-refractivity contribution in [3.63, 3.8) is 0 Å². The first-order valence-electron chi connectivity index (χ1n) is 10.6. The lowest BCUT2D eigenvalue weighted by atomic mass is 9.96. The van der Waals surface area contributed by atoms with Gasteiger partial charge in [0.05, 0.1) is 36.7 Å².